The molecule has 0 spiro atoms. The van der Waals surface area contributed by atoms with E-state index in [-0.39, 0.29) is 11.7 Å². The van der Waals surface area contributed by atoms with Crippen LogP contribution < -0.4 is 10.1 Å². The van der Waals surface area contributed by atoms with E-state index in [4.69, 9.17) is 4.74 Å². The Hall–Kier alpha value is -1.69. The molecule has 0 atom stereocenters. The summed E-state index contributed by atoms with van der Waals surface area (Å²) in [5, 5.41) is 2.80. The molecule has 3 nitrogen and oxygen atoms in total. The summed E-state index contributed by atoms with van der Waals surface area (Å²) in [7, 11) is 0. The van der Waals surface area contributed by atoms with Gasteiger partial charge in [0.15, 0.2) is 17.5 Å². The number of hydrogen-bond donors (Lipinski definition) is 1. The van der Waals surface area contributed by atoms with Crippen LogP contribution in [-0.4, -0.2) is 11.5 Å². The van der Waals surface area contributed by atoms with Crippen LogP contribution in [0.2, 0.25) is 0 Å². The van der Waals surface area contributed by atoms with Crippen molar-refractivity contribution < 1.29 is 13.5 Å². The first kappa shape index (κ1) is 15.7. The van der Waals surface area contributed by atoms with E-state index in [1.165, 1.54) is 0 Å². The van der Waals surface area contributed by atoms with Crippen molar-refractivity contribution in [1.82, 2.24) is 4.98 Å². The average Bonchev–Trinajstić information content (AvgIpc) is 2.44. The number of aryl methyl sites for hydroxylation is 1. The van der Waals surface area contributed by atoms with Crippen LogP contribution in [0.1, 0.15) is 18.9 Å². The summed E-state index contributed by atoms with van der Waals surface area (Å²) in [6, 6.07) is 6.16. The van der Waals surface area contributed by atoms with E-state index in [1.54, 1.807) is 6.07 Å². The lowest BCUT2D eigenvalue weighted by Crippen LogP contribution is -2.06. The quantitative estimate of drug-likeness (QED) is 0.814. The fourth-order valence-corrected chi connectivity index (χ4v) is 2.02. The zero-order valence-electron chi connectivity index (χ0n) is 11.7. The third-order valence-electron chi connectivity index (χ3n) is 2.80. The van der Waals surface area contributed by atoms with Crippen LogP contribution in [0.5, 0.6) is 11.6 Å². The average molecular weight is 357 g/mol. The van der Waals surface area contributed by atoms with E-state index in [2.05, 4.69) is 26.2 Å². The Balaban J connectivity index is 2.32. The van der Waals surface area contributed by atoms with E-state index >= 15 is 0 Å². The van der Waals surface area contributed by atoms with Crippen LogP contribution in [0.25, 0.3) is 0 Å². The summed E-state index contributed by atoms with van der Waals surface area (Å²) in [5.41, 5.74) is 0.826. The van der Waals surface area contributed by atoms with Gasteiger partial charge in [-0.05, 0) is 31.0 Å². The highest BCUT2D eigenvalue weighted by molar-refractivity contribution is 9.10. The topological polar surface area (TPSA) is 34.2 Å². The Kier molecular flexibility index (Phi) is 5.12. The first-order valence-corrected chi connectivity index (χ1v) is 7.34. The Bertz CT molecular complexity index is 650. The monoisotopic (exact) mass is 356 g/mol. The molecule has 0 radical (unpaired) electrons. The van der Waals surface area contributed by atoms with Crippen molar-refractivity contribution in [1.29, 1.82) is 0 Å². The van der Waals surface area contributed by atoms with E-state index in [9.17, 15) is 8.78 Å². The van der Waals surface area contributed by atoms with Gasteiger partial charge < -0.3 is 10.1 Å². The molecule has 0 unspecified atom stereocenters. The van der Waals surface area contributed by atoms with E-state index in [0.29, 0.717) is 12.3 Å². The Morgan fingerprint density at radius 3 is 2.71 bits per heavy atom. The minimum absolute atomic E-state index is 0.0131. The molecule has 1 aromatic carbocycles. The van der Waals surface area contributed by atoms with Gasteiger partial charge in [0, 0.05) is 17.1 Å². The van der Waals surface area contributed by atoms with Crippen molar-refractivity contribution in [2.75, 3.05) is 11.9 Å². The van der Waals surface area contributed by atoms with Gasteiger partial charge in [-0.1, -0.05) is 28.9 Å². The molecule has 0 aliphatic carbocycles. The van der Waals surface area contributed by atoms with Gasteiger partial charge in [0.2, 0.25) is 0 Å². The number of ether oxygens (including phenoxy) is 1. The summed E-state index contributed by atoms with van der Waals surface area (Å²) in [6.07, 6.45) is 0.805. The zero-order valence-corrected chi connectivity index (χ0v) is 13.3. The van der Waals surface area contributed by atoms with E-state index < -0.39 is 11.6 Å². The molecule has 1 N–H and O–H groups in total. The number of pyridine rings is 1. The molecule has 0 fully saturated rings. The maximum atomic E-state index is 13.8. The number of benzene rings is 1. The van der Waals surface area contributed by atoms with Crippen molar-refractivity contribution in [3.63, 3.8) is 0 Å². The standard InChI is InChI=1S/C15H15BrF2N2O/c1-3-6-19-14-11(17)8-12(18)15(20-14)21-13-7-10(16)5-4-9(13)2/h4-5,7-8H,3,6H2,1-2H3,(H,19,20). The van der Waals surface area contributed by atoms with Gasteiger partial charge in [0.1, 0.15) is 5.75 Å². The predicted molar refractivity (Wildman–Crippen MR) is 81.9 cm³/mol. The minimum atomic E-state index is -0.839. The molecule has 0 saturated heterocycles. The predicted octanol–water partition coefficient (Wildman–Crippen LogP) is 5.04. The lowest BCUT2D eigenvalue weighted by atomic mass is 10.2. The van der Waals surface area contributed by atoms with E-state index in [1.807, 2.05) is 26.0 Å². The molecule has 1 aromatic heterocycles. The molecule has 0 bridgehead atoms. The first-order chi connectivity index (χ1) is 10.0. The lowest BCUT2D eigenvalue weighted by Gasteiger charge is -2.11. The minimum Gasteiger partial charge on any atom is -0.436 e. The van der Waals surface area contributed by atoms with Crippen molar-refractivity contribution in [2.24, 2.45) is 0 Å². The Morgan fingerprint density at radius 2 is 2.00 bits per heavy atom. The van der Waals surface area contributed by atoms with Gasteiger partial charge in [0.25, 0.3) is 5.88 Å². The van der Waals surface area contributed by atoms with Gasteiger partial charge in [0.05, 0.1) is 0 Å². The van der Waals surface area contributed by atoms with Gasteiger partial charge in [-0.3, -0.25) is 0 Å². The molecule has 2 aromatic rings. The second kappa shape index (κ2) is 6.85. The highest BCUT2D eigenvalue weighted by atomic mass is 79.9. The molecule has 0 amide bonds. The van der Waals surface area contributed by atoms with Crippen molar-refractivity contribution in [3.05, 3.63) is 45.9 Å². The maximum absolute atomic E-state index is 13.8. The number of anilines is 1. The Labute approximate surface area is 130 Å². The lowest BCUT2D eigenvalue weighted by molar-refractivity contribution is 0.415. The fraction of sp³-hybridized carbons (Fsp3) is 0.267. The summed E-state index contributed by atoms with van der Waals surface area (Å²) in [4.78, 5) is 3.88. The van der Waals surface area contributed by atoms with Crippen LogP contribution in [0.15, 0.2) is 28.7 Å². The van der Waals surface area contributed by atoms with Crippen LogP contribution in [-0.2, 0) is 0 Å². The van der Waals surface area contributed by atoms with Gasteiger partial charge >= 0.3 is 0 Å². The van der Waals surface area contributed by atoms with Crippen molar-refractivity contribution >= 4 is 21.7 Å². The fourth-order valence-electron chi connectivity index (χ4n) is 1.68. The number of nitrogens with zero attached hydrogens (tertiary/aromatic N) is 1. The first-order valence-electron chi connectivity index (χ1n) is 6.55. The van der Waals surface area contributed by atoms with Crippen molar-refractivity contribution in [3.8, 4) is 11.6 Å². The molecular weight excluding hydrogens is 342 g/mol. The van der Waals surface area contributed by atoms with Crippen LogP contribution in [0.3, 0.4) is 0 Å². The number of hydrogen-bond acceptors (Lipinski definition) is 3. The van der Waals surface area contributed by atoms with Gasteiger partial charge in [-0.2, -0.15) is 4.98 Å². The second-order valence-corrected chi connectivity index (χ2v) is 5.46. The second-order valence-electron chi connectivity index (χ2n) is 4.54. The smallest absolute Gasteiger partial charge is 0.258 e. The third-order valence-corrected chi connectivity index (χ3v) is 3.29. The number of halogens is 3. The summed E-state index contributed by atoms with van der Waals surface area (Å²) in [5.74, 6) is -1.38. The summed E-state index contributed by atoms with van der Waals surface area (Å²) >= 11 is 3.32. The largest absolute Gasteiger partial charge is 0.436 e. The molecule has 21 heavy (non-hydrogen) atoms. The van der Waals surface area contributed by atoms with Crippen LogP contribution in [0.4, 0.5) is 14.6 Å². The van der Waals surface area contributed by atoms with Gasteiger partial charge in [-0.25, -0.2) is 8.78 Å². The summed E-state index contributed by atoms with van der Waals surface area (Å²) < 4.78 is 33.7. The molecule has 0 saturated carbocycles. The third kappa shape index (κ3) is 3.91. The SMILES string of the molecule is CCCNc1nc(Oc2cc(Br)ccc2C)c(F)cc1F. The number of aromatic nitrogens is 1. The molecule has 0 aliphatic rings. The Morgan fingerprint density at radius 1 is 1.24 bits per heavy atom. The van der Waals surface area contributed by atoms with Crippen LogP contribution >= 0.6 is 15.9 Å². The molecule has 6 heteroatoms. The zero-order chi connectivity index (χ0) is 15.4. The highest BCUT2D eigenvalue weighted by Crippen LogP contribution is 2.30. The molecular formula is C15H15BrF2N2O. The molecule has 0 aliphatic heterocycles. The van der Waals surface area contributed by atoms with Crippen LogP contribution in [0, 0.1) is 18.6 Å². The highest BCUT2D eigenvalue weighted by Gasteiger charge is 2.14. The van der Waals surface area contributed by atoms with Crippen molar-refractivity contribution in [2.45, 2.75) is 20.3 Å². The normalized spacial score (nSPS) is 10.5. The number of nitrogens with one attached hydrogen (secondary N) is 1. The molecule has 2 rings (SSSR count). The molecule has 1 heterocycles. The van der Waals surface area contributed by atoms with Gasteiger partial charge in [-0.15, -0.1) is 0 Å². The van der Waals surface area contributed by atoms with E-state index in [0.717, 1.165) is 22.5 Å². The summed E-state index contributed by atoms with van der Waals surface area (Å²) in [6.45, 7) is 4.32. The maximum Gasteiger partial charge on any atom is 0.258 e. The molecule has 112 valence electrons. The number of rotatable bonds is 5.